The predicted octanol–water partition coefficient (Wildman–Crippen LogP) is 1.15. The minimum Gasteiger partial charge on any atom is -0.381 e. The van der Waals surface area contributed by atoms with Crippen LogP contribution < -0.4 is 5.73 Å². The predicted molar refractivity (Wildman–Crippen MR) is 44.3 cm³/mol. The third-order valence-corrected chi connectivity index (χ3v) is 3.50. The summed E-state index contributed by atoms with van der Waals surface area (Å²) in [5.74, 6) is 0.755. The van der Waals surface area contributed by atoms with Gasteiger partial charge in [-0.05, 0) is 37.1 Å². The van der Waals surface area contributed by atoms with Crippen LogP contribution in [0.1, 0.15) is 25.7 Å². The summed E-state index contributed by atoms with van der Waals surface area (Å²) >= 11 is 0. The highest BCUT2D eigenvalue weighted by atomic mass is 16.5. The molecule has 64 valence electrons. The third kappa shape index (κ3) is 1.09. The van der Waals surface area contributed by atoms with Gasteiger partial charge in [-0.3, -0.25) is 0 Å². The van der Waals surface area contributed by atoms with Gasteiger partial charge in [0.05, 0.1) is 6.61 Å². The lowest BCUT2D eigenvalue weighted by Gasteiger charge is -2.50. The van der Waals surface area contributed by atoms with Crippen LogP contribution in [0.2, 0.25) is 0 Å². The molecular weight excluding hydrogens is 138 g/mol. The SMILES string of the molecule is NCC1CCOCC12CCC2. The molecule has 1 saturated heterocycles. The van der Waals surface area contributed by atoms with Gasteiger partial charge in [-0.25, -0.2) is 0 Å². The van der Waals surface area contributed by atoms with Gasteiger partial charge in [-0.2, -0.15) is 0 Å². The second kappa shape index (κ2) is 2.76. The minimum absolute atomic E-state index is 0.521. The van der Waals surface area contributed by atoms with Crippen molar-refractivity contribution < 1.29 is 4.74 Å². The Bertz CT molecular complexity index is 142. The van der Waals surface area contributed by atoms with Crippen molar-refractivity contribution in [2.75, 3.05) is 19.8 Å². The van der Waals surface area contributed by atoms with Crippen molar-refractivity contribution in [1.82, 2.24) is 0 Å². The Morgan fingerprint density at radius 3 is 2.73 bits per heavy atom. The fraction of sp³-hybridized carbons (Fsp3) is 1.00. The van der Waals surface area contributed by atoms with Crippen LogP contribution in [0.4, 0.5) is 0 Å². The van der Waals surface area contributed by atoms with Crippen LogP contribution in [0, 0.1) is 11.3 Å². The molecule has 1 saturated carbocycles. The monoisotopic (exact) mass is 155 g/mol. The third-order valence-electron chi connectivity index (χ3n) is 3.50. The smallest absolute Gasteiger partial charge is 0.0525 e. The first-order valence-electron chi connectivity index (χ1n) is 4.65. The summed E-state index contributed by atoms with van der Waals surface area (Å²) in [6.07, 6.45) is 5.29. The van der Waals surface area contributed by atoms with E-state index < -0.39 is 0 Å². The zero-order valence-electron chi connectivity index (χ0n) is 7.01. The van der Waals surface area contributed by atoms with Crippen molar-refractivity contribution >= 4 is 0 Å². The molecule has 2 fully saturated rings. The van der Waals surface area contributed by atoms with Crippen molar-refractivity contribution in [3.8, 4) is 0 Å². The lowest BCUT2D eigenvalue weighted by atomic mass is 9.60. The molecule has 0 radical (unpaired) electrons. The van der Waals surface area contributed by atoms with Gasteiger partial charge < -0.3 is 10.5 Å². The van der Waals surface area contributed by atoms with Crippen LogP contribution in [0.15, 0.2) is 0 Å². The normalized spacial score (nSPS) is 35.2. The highest BCUT2D eigenvalue weighted by molar-refractivity contribution is 4.95. The van der Waals surface area contributed by atoms with Gasteiger partial charge in [0, 0.05) is 6.61 Å². The molecule has 2 aliphatic rings. The summed E-state index contributed by atoms with van der Waals surface area (Å²) in [4.78, 5) is 0. The number of hydrogen-bond acceptors (Lipinski definition) is 2. The maximum atomic E-state index is 5.73. The Morgan fingerprint density at radius 1 is 1.45 bits per heavy atom. The van der Waals surface area contributed by atoms with Crippen LogP contribution in [0.5, 0.6) is 0 Å². The second-order valence-corrected chi connectivity index (χ2v) is 3.99. The Labute approximate surface area is 68.1 Å². The molecule has 2 heteroatoms. The molecule has 2 rings (SSSR count). The Morgan fingerprint density at radius 2 is 2.27 bits per heavy atom. The van der Waals surface area contributed by atoms with Gasteiger partial charge in [0.2, 0.25) is 0 Å². The van der Waals surface area contributed by atoms with Crippen molar-refractivity contribution in [2.24, 2.45) is 17.1 Å². The topological polar surface area (TPSA) is 35.2 Å². The first-order valence-corrected chi connectivity index (χ1v) is 4.65. The van der Waals surface area contributed by atoms with E-state index in [4.69, 9.17) is 10.5 Å². The molecule has 1 unspecified atom stereocenters. The summed E-state index contributed by atoms with van der Waals surface area (Å²) in [5.41, 5.74) is 6.25. The van der Waals surface area contributed by atoms with Crippen LogP contribution >= 0.6 is 0 Å². The average Bonchev–Trinajstić information content (AvgIpc) is 2.01. The molecule has 1 spiro atoms. The maximum Gasteiger partial charge on any atom is 0.0525 e. The summed E-state index contributed by atoms with van der Waals surface area (Å²) in [6, 6.07) is 0. The van der Waals surface area contributed by atoms with E-state index >= 15 is 0 Å². The van der Waals surface area contributed by atoms with Gasteiger partial charge in [0.25, 0.3) is 0 Å². The number of ether oxygens (including phenoxy) is 1. The molecule has 1 heterocycles. The summed E-state index contributed by atoms with van der Waals surface area (Å²) in [7, 11) is 0. The van der Waals surface area contributed by atoms with Gasteiger partial charge in [-0.1, -0.05) is 6.42 Å². The molecule has 11 heavy (non-hydrogen) atoms. The molecule has 0 aromatic rings. The first-order chi connectivity index (χ1) is 5.37. The lowest BCUT2D eigenvalue weighted by molar-refractivity contribution is -0.0938. The molecule has 1 atom stereocenters. The first kappa shape index (κ1) is 7.56. The fourth-order valence-electron chi connectivity index (χ4n) is 2.48. The van der Waals surface area contributed by atoms with E-state index in [9.17, 15) is 0 Å². The molecule has 2 N–H and O–H groups in total. The molecule has 1 aliphatic carbocycles. The van der Waals surface area contributed by atoms with Crippen molar-refractivity contribution in [3.63, 3.8) is 0 Å². The van der Waals surface area contributed by atoms with Crippen molar-refractivity contribution in [3.05, 3.63) is 0 Å². The van der Waals surface area contributed by atoms with E-state index in [1.807, 2.05) is 0 Å². The highest BCUT2D eigenvalue weighted by Crippen LogP contribution is 2.49. The maximum absolute atomic E-state index is 5.73. The molecule has 0 amide bonds. The van der Waals surface area contributed by atoms with Gasteiger partial charge in [0.15, 0.2) is 0 Å². The van der Waals surface area contributed by atoms with E-state index in [-0.39, 0.29) is 0 Å². The van der Waals surface area contributed by atoms with Gasteiger partial charge >= 0.3 is 0 Å². The van der Waals surface area contributed by atoms with Crippen LogP contribution in [-0.4, -0.2) is 19.8 Å². The Balaban J connectivity index is 2.02. The van der Waals surface area contributed by atoms with E-state index in [1.54, 1.807) is 0 Å². The standard InChI is InChI=1S/C9H17NO/c10-6-8-2-5-11-7-9(8)3-1-4-9/h8H,1-7,10H2. The van der Waals surface area contributed by atoms with E-state index in [0.717, 1.165) is 25.7 Å². The lowest BCUT2D eigenvalue weighted by Crippen LogP contribution is -2.48. The van der Waals surface area contributed by atoms with Crippen LogP contribution in [0.3, 0.4) is 0 Å². The van der Waals surface area contributed by atoms with Crippen molar-refractivity contribution in [2.45, 2.75) is 25.7 Å². The molecular formula is C9H17NO. The number of hydrogen-bond donors (Lipinski definition) is 1. The summed E-state index contributed by atoms with van der Waals surface area (Å²) < 4.78 is 5.50. The molecule has 1 aliphatic heterocycles. The quantitative estimate of drug-likeness (QED) is 0.616. The molecule has 0 aromatic heterocycles. The van der Waals surface area contributed by atoms with E-state index in [1.165, 1.54) is 25.7 Å². The highest BCUT2D eigenvalue weighted by Gasteiger charge is 2.45. The number of rotatable bonds is 1. The van der Waals surface area contributed by atoms with Crippen LogP contribution in [-0.2, 0) is 4.74 Å². The van der Waals surface area contributed by atoms with E-state index in [0.29, 0.717) is 5.41 Å². The fourth-order valence-corrected chi connectivity index (χ4v) is 2.48. The Kier molecular flexibility index (Phi) is 1.90. The van der Waals surface area contributed by atoms with Crippen molar-refractivity contribution in [1.29, 1.82) is 0 Å². The molecule has 0 aromatic carbocycles. The second-order valence-electron chi connectivity index (χ2n) is 3.99. The minimum atomic E-state index is 0.521. The molecule has 2 nitrogen and oxygen atoms in total. The zero-order valence-corrected chi connectivity index (χ0v) is 7.01. The molecule has 0 bridgehead atoms. The van der Waals surface area contributed by atoms with Gasteiger partial charge in [0.1, 0.15) is 0 Å². The summed E-state index contributed by atoms with van der Waals surface area (Å²) in [5, 5.41) is 0. The Hall–Kier alpha value is -0.0800. The average molecular weight is 155 g/mol. The largest absolute Gasteiger partial charge is 0.381 e. The summed E-state index contributed by atoms with van der Waals surface area (Å²) in [6.45, 7) is 2.78. The zero-order chi connectivity index (χ0) is 7.73. The number of nitrogens with two attached hydrogens (primary N) is 1. The van der Waals surface area contributed by atoms with Crippen LogP contribution in [0.25, 0.3) is 0 Å². The van der Waals surface area contributed by atoms with E-state index in [2.05, 4.69) is 0 Å². The van der Waals surface area contributed by atoms with Gasteiger partial charge in [-0.15, -0.1) is 0 Å².